The second-order valence-corrected chi connectivity index (χ2v) is 13.3. The van der Waals surface area contributed by atoms with E-state index in [9.17, 15) is 13.2 Å². The first-order valence-electron chi connectivity index (χ1n) is 14.7. The molecule has 9 heteroatoms. The SMILES string of the molecule is CN(CC(C)(CCN1CCC(NCC=CC(=O)OCc2ccccc2)CC1)c1ccccc1)S(=O)(=O)c1ccccc1.Cl. The maximum absolute atomic E-state index is 13.3. The topological polar surface area (TPSA) is 79.0 Å². The molecule has 4 rings (SSSR count). The van der Waals surface area contributed by atoms with E-state index in [2.05, 4.69) is 29.3 Å². The van der Waals surface area contributed by atoms with Crippen molar-refractivity contribution in [1.29, 1.82) is 0 Å². The molecule has 7 nitrogen and oxygen atoms in total. The molecule has 232 valence electrons. The van der Waals surface area contributed by atoms with Gasteiger partial charge in [-0.3, -0.25) is 0 Å². The van der Waals surface area contributed by atoms with Crippen molar-refractivity contribution >= 4 is 28.4 Å². The number of halogens is 1. The van der Waals surface area contributed by atoms with Gasteiger partial charge in [0.05, 0.1) is 4.90 Å². The maximum Gasteiger partial charge on any atom is 0.330 e. The zero-order valence-electron chi connectivity index (χ0n) is 25.1. The minimum atomic E-state index is -3.59. The summed E-state index contributed by atoms with van der Waals surface area (Å²) in [4.78, 5) is 14.8. The Morgan fingerprint density at radius 3 is 2.19 bits per heavy atom. The number of hydrogen-bond donors (Lipinski definition) is 1. The molecule has 0 bridgehead atoms. The summed E-state index contributed by atoms with van der Waals surface area (Å²) in [6.45, 7) is 6.31. The molecule has 1 atom stereocenters. The Morgan fingerprint density at radius 1 is 0.977 bits per heavy atom. The van der Waals surface area contributed by atoms with Crippen molar-refractivity contribution in [2.45, 2.75) is 49.1 Å². The highest BCUT2D eigenvalue weighted by molar-refractivity contribution is 7.89. The Balaban J connectivity index is 0.00000506. The van der Waals surface area contributed by atoms with Crippen LogP contribution >= 0.6 is 12.4 Å². The van der Waals surface area contributed by atoms with E-state index >= 15 is 0 Å². The molecule has 0 radical (unpaired) electrons. The monoisotopic (exact) mass is 625 g/mol. The number of piperidine rings is 1. The van der Waals surface area contributed by atoms with Crippen LogP contribution in [0.25, 0.3) is 0 Å². The molecule has 0 aliphatic carbocycles. The Bertz CT molecular complexity index is 1380. The van der Waals surface area contributed by atoms with Gasteiger partial charge in [0, 0.05) is 37.7 Å². The molecule has 0 aromatic heterocycles. The summed E-state index contributed by atoms with van der Waals surface area (Å²) in [6.07, 6.45) is 6.21. The number of rotatable bonds is 14. The Morgan fingerprint density at radius 2 is 1.56 bits per heavy atom. The van der Waals surface area contributed by atoms with Crippen LogP contribution in [-0.2, 0) is 31.6 Å². The van der Waals surface area contributed by atoms with E-state index in [4.69, 9.17) is 4.74 Å². The molecule has 3 aromatic carbocycles. The number of hydrogen-bond acceptors (Lipinski definition) is 6. The first-order chi connectivity index (χ1) is 20.3. The molecule has 1 aliphatic rings. The normalized spacial score (nSPS) is 16.1. The third kappa shape index (κ3) is 10.3. The first kappa shape index (κ1) is 34.5. The number of nitrogens with zero attached hydrogens (tertiary/aromatic N) is 2. The van der Waals surface area contributed by atoms with E-state index in [1.165, 1.54) is 10.4 Å². The number of ether oxygens (including phenoxy) is 1. The van der Waals surface area contributed by atoms with Crippen LogP contribution in [0.15, 0.2) is 108 Å². The van der Waals surface area contributed by atoms with Crippen LogP contribution in [0.2, 0.25) is 0 Å². The molecule has 0 saturated carbocycles. The van der Waals surface area contributed by atoms with Crippen LogP contribution in [0.1, 0.15) is 37.3 Å². The zero-order chi connectivity index (χ0) is 29.8. The third-order valence-electron chi connectivity index (χ3n) is 8.06. The standard InChI is InChI=1S/C34H43N3O4S.ClH/c1-34(30-15-8-4-9-16-30,28-36(2)42(39,40)32-17-10-5-11-18-32)22-26-37-24-20-31(21-25-37)35-23-12-19-33(38)41-27-29-13-6-3-7-14-29;/h3-19,31,35H,20-28H2,1-2H3;1H. The molecule has 1 heterocycles. The number of carbonyl (C=O) groups is 1. The average Bonchev–Trinajstić information content (AvgIpc) is 3.03. The quantitative estimate of drug-likeness (QED) is 0.190. The number of nitrogens with one attached hydrogen (secondary N) is 1. The minimum absolute atomic E-state index is 0. The molecule has 1 aliphatic heterocycles. The van der Waals surface area contributed by atoms with E-state index in [0.717, 1.165) is 50.0 Å². The van der Waals surface area contributed by atoms with Gasteiger partial charge in [-0.25, -0.2) is 17.5 Å². The molecule has 1 N–H and O–H groups in total. The highest BCUT2D eigenvalue weighted by Gasteiger charge is 2.33. The smallest absolute Gasteiger partial charge is 0.330 e. The highest BCUT2D eigenvalue weighted by atomic mass is 35.5. The lowest BCUT2D eigenvalue weighted by Gasteiger charge is -2.38. The van der Waals surface area contributed by atoms with Gasteiger partial charge < -0.3 is 15.0 Å². The van der Waals surface area contributed by atoms with Crippen LogP contribution in [-0.4, -0.2) is 69.4 Å². The summed E-state index contributed by atoms with van der Waals surface area (Å²) < 4.78 is 33.4. The van der Waals surface area contributed by atoms with Gasteiger partial charge >= 0.3 is 5.97 Å². The molecule has 1 fully saturated rings. The molecule has 1 unspecified atom stereocenters. The van der Waals surface area contributed by atoms with Crippen molar-refractivity contribution in [3.63, 3.8) is 0 Å². The van der Waals surface area contributed by atoms with Crippen molar-refractivity contribution < 1.29 is 17.9 Å². The second kappa shape index (κ2) is 16.7. The number of likely N-dealkylation sites (tertiary alicyclic amines) is 1. The van der Waals surface area contributed by atoms with E-state index in [0.29, 0.717) is 24.0 Å². The van der Waals surface area contributed by atoms with Crippen molar-refractivity contribution in [3.05, 3.63) is 114 Å². The molecule has 0 amide bonds. The van der Waals surface area contributed by atoms with Crippen molar-refractivity contribution in [3.8, 4) is 0 Å². The van der Waals surface area contributed by atoms with Gasteiger partial charge in [0.1, 0.15) is 6.61 Å². The second-order valence-electron chi connectivity index (χ2n) is 11.3. The van der Waals surface area contributed by atoms with Gasteiger partial charge in [-0.2, -0.15) is 0 Å². The largest absolute Gasteiger partial charge is 0.458 e. The number of carbonyl (C=O) groups excluding carboxylic acids is 1. The van der Waals surface area contributed by atoms with E-state index < -0.39 is 10.0 Å². The lowest BCUT2D eigenvalue weighted by atomic mass is 9.79. The van der Waals surface area contributed by atoms with Crippen molar-refractivity contribution in [2.75, 3.05) is 39.8 Å². The fourth-order valence-corrected chi connectivity index (χ4v) is 6.75. The molecule has 0 spiro atoms. The van der Waals surface area contributed by atoms with Crippen LogP contribution in [0.3, 0.4) is 0 Å². The molecule has 1 saturated heterocycles. The molecule has 3 aromatic rings. The fourth-order valence-electron chi connectivity index (χ4n) is 5.44. The van der Waals surface area contributed by atoms with E-state index in [-0.39, 0.29) is 30.4 Å². The van der Waals surface area contributed by atoms with Crippen molar-refractivity contribution in [2.24, 2.45) is 0 Å². The average molecular weight is 626 g/mol. The van der Waals surface area contributed by atoms with Gasteiger partial charge in [-0.15, -0.1) is 12.4 Å². The van der Waals surface area contributed by atoms with Gasteiger partial charge in [0.15, 0.2) is 0 Å². The molecular weight excluding hydrogens is 582 g/mol. The van der Waals surface area contributed by atoms with Crippen LogP contribution in [0.5, 0.6) is 0 Å². The summed E-state index contributed by atoms with van der Waals surface area (Å²) in [5.74, 6) is -0.334. The van der Waals surface area contributed by atoms with Gasteiger partial charge in [-0.1, -0.05) is 91.9 Å². The van der Waals surface area contributed by atoms with Crippen molar-refractivity contribution in [1.82, 2.24) is 14.5 Å². The summed E-state index contributed by atoms with van der Waals surface area (Å²) in [7, 11) is -1.91. The Labute approximate surface area is 263 Å². The predicted octanol–water partition coefficient (Wildman–Crippen LogP) is 5.43. The van der Waals surface area contributed by atoms with Crippen LogP contribution in [0.4, 0.5) is 0 Å². The van der Waals surface area contributed by atoms with Crippen LogP contribution < -0.4 is 5.32 Å². The summed E-state index contributed by atoms with van der Waals surface area (Å²) in [5, 5.41) is 3.53. The van der Waals surface area contributed by atoms with Gasteiger partial charge in [0.2, 0.25) is 10.0 Å². The molecule has 43 heavy (non-hydrogen) atoms. The Kier molecular flexibility index (Phi) is 13.4. The van der Waals surface area contributed by atoms with E-state index in [1.807, 2.05) is 60.7 Å². The number of likely N-dealkylation sites (N-methyl/N-ethyl adjacent to an activating group) is 1. The minimum Gasteiger partial charge on any atom is -0.458 e. The van der Waals surface area contributed by atoms with Gasteiger partial charge in [0.25, 0.3) is 0 Å². The fraction of sp³-hybridized carbons (Fsp3) is 0.382. The highest BCUT2D eigenvalue weighted by Crippen LogP contribution is 2.31. The number of benzene rings is 3. The van der Waals surface area contributed by atoms with E-state index in [1.54, 1.807) is 31.3 Å². The lowest BCUT2D eigenvalue weighted by molar-refractivity contribution is -0.139. The first-order valence-corrected chi connectivity index (χ1v) is 16.1. The van der Waals surface area contributed by atoms with Crippen LogP contribution in [0, 0.1) is 0 Å². The number of sulfonamides is 1. The molecular formula is C34H44ClN3O4S. The summed E-state index contributed by atoms with van der Waals surface area (Å²) in [5.41, 5.74) is 1.77. The lowest BCUT2D eigenvalue weighted by Crippen LogP contribution is -2.45. The predicted molar refractivity (Wildman–Crippen MR) is 175 cm³/mol. The summed E-state index contributed by atoms with van der Waals surface area (Å²) >= 11 is 0. The third-order valence-corrected chi connectivity index (χ3v) is 9.88. The Hall–Kier alpha value is -3.01. The summed E-state index contributed by atoms with van der Waals surface area (Å²) in [6, 6.07) is 28.9. The van der Waals surface area contributed by atoms with Gasteiger partial charge in [-0.05, 0) is 62.2 Å². The number of esters is 1. The maximum atomic E-state index is 13.3. The zero-order valence-corrected chi connectivity index (χ0v) is 26.7.